The molecule has 0 aliphatic carbocycles. The van der Waals surface area contributed by atoms with E-state index in [1.54, 1.807) is 6.07 Å². The molecule has 0 radical (unpaired) electrons. The standard InChI is InChI=1S/C21H28N2O3S.ClH/c1-16-5-8-19(9-6-16)20(15-23-10-12-26-13-11-23)22-27(24,25)21-14-17(2)4-7-18(21)3;/h4-9,14,20,22H,10-13,15H2,1-3H3;1H. The van der Waals surface area contributed by atoms with Crippen LogP contribution < -0.4 is 4.72 Å². The Balaban J connectivity index is 0.00000280. The predicted molar refractivity (Wildman–Crippen MR) is 115 cm³/mol. The largest absolute Gasteiger partial charge is 0.379 e. The van der Waals surface area contributed by atoms with Crippen LogP contribution in [-0.4, -0.2) is 46.2 Å². The molecule has 1 saturated heterocycles. The van der Waals surface area contributed by atoms with Crippen molar-refractivity contribution in [3.8, 4) is 0 Å². The lowest BCUT2D eigenvalue weighted by Crippen LogP contribution is -2.43. The van der Waals surface area contributed by atoms with Gasteiger partial charge in [-0.1, -0.05) is 42.0 Å². The molecule has 7 heteroatoms. The number of halogens is 1. The lowest BCUT2D eigenvalue weighted by Gasteiger charge is -2.31. The molecule has 1 atom stereocenters. The number of nitrogens with zero attached hydrogens (tertiary/aromatic N) is 1. The van der Waals surface area contributed by atoms with Crippen molar-refractivity contribution in [2.75, 3.05) is 32.8 Å². The first kappa shape index (κ1) is 22.8. The summed E-state index contributed by atoms with van der Waals surface area (Å²) in [6.45, 7) is 9.38. The van der Waals surface area contributed by atoms with Gasteiger partial charge in [-0.2, -0.15) is 0 Å². The van der Waals surface area contributed by atoms with Crippen LogP contribution in [0.1, 0.15) is 28.3 Å². The second-order valence-corrected chi connectivity index (χ2v) is 8.95. The Morgan fingerprint density at radius 1 is 1.00 bits per heavy atom. The quantitative estimate of drug-likeness (QED) is 0.772. The third kappa shape index (κ3) is 5.78. The van der Waals surface area contributed by atoms with Gasteiger partial charge in [-0.25, -0.2) is 13.1 Å². The van der Waals surface area contributed by atoms with Gasteiger partial charge in [-0.15, -0.1) is 12.4 Å². The van der Waals surface area contributed by atoms with Crippen LogP contribution in [0.15, 0.2) is 47.4 Å². The second kappa shape index (κ2) is 9.85. The molecule has 3 rings (SSSR count). The molecule has 1 unspecified atom stereocenters. The Hall–Kier alpha value is -1.44. The average molecular weight is 425 g/mol. The molecule has 1 N–H and O–H groups in total. The highest BCUT2D eigenvalue weighted by atomic mass is 35.5. The fourth-order valence-electron chi connectivity index (χ4n) is 3.30. The number of nitrogens with one attached hydrogen (secondary N) is 1. The van der Waals surface area contributed by atoms with Gasteiger partial charge >= 0.3 is 0 Å². The van der Waals surface area contributed by atoms with Crippen molar-refractivity contribution in [3.63, 3.8) is 0 Å². The summed E-state index contributed by atoms with van der Waals surface area (Å²) in [7, 11) is -3.63. The van der Waals surface area contributed by atoms with Crippen molar-refractivity contribution in [3.05, 3.63) is 64.7 Å². The van der Waals surface area contributed by atoms with Gasteiger partial charge in [0.2, 0.25) is 10.0 Å². The monoisotopic (exact) mass is 424 g/mol. The maximum atomic E-state index is 13.1. The number of ether oxygens (including phenoxy) is 1. The zero-order chi connectivity index (χ0) is 19.4. The third-order valence-electron chi connectivity index (χ3n) is 4.95. The number of morpholine rings is 1. The van der Waals surface area contributed by atoms with E-state index in [1.807, 2.05) is 57.2 Å². The normalized spacial score (nSPS) is 16.4. The number of sulfonamides is 1. The summed E-state index contributed by atoms with van der Waals surface area (Å²) in [4.78, 5) is 2.60. The first-order chi connectivity index (χ1) is 12.8. The van der Waals surface area contributed by atoms with Crippen molar-refractivity contribution in [1.29, 1.82) is 0 Å². The first-order valence-electron chi connectivity index (χ1n) is 9.31. The zero-order valence-electron chi connectivity index (χ0n) is 16.6. The predicted octanol–water partition coefficient (Wildman–Crippen LogP) is 3.39. The molecule has 1 fully saturated rings. The van der Waals surface area contributed by atoms with Crippen LogP contribution in [0.3, 0.4) is 0 Å². The highest BCUT2D eigenvalue weighted by Gasteiger charge is 2.25. The Labute approximate surface area is 174 Å². The van der Waals surface area contributed by atoms with E-state index in [-0.39, 0.29) is 18.4 Å². The fraction of sp³-hybridized carbons (Fsp3) is 0.429. The summed E-state index contributed by atoms with van der Waals surface area (Å²) in [6.07, 6.45) is 0. The minimum Gasteiger partial charge on any atom is -0.379 e. The molecule has 0 aromatic heterocycles. The van der Waals surface area contributed by atoms with Gasteiger partial charge in [0.25, 0.3) is 0 Å². The molecule has 0 saturated carbocycles. The number of hydrogen-bond acceptors (Lipinski definition) is 4. The third-order valence-corrected chi connectivity index (χ3v) is 6.57. The molecule has 1 aliphatic heterocycles. The number of hydrogen-bond donors (Lipinski definition) is 1. The fourth-order valence-corrected chi connectivity index (χ4v) is 4.84. The molecule has 154 valence electrons. The van der Waals surface area contributed by atoms with Gasteiger partial charge in [-0.3, -0.25) is 4.90 Å². The van der Waals surface area contributed by atoms with E-state index in [1.165, 1.54) is 0 Å². The van der Waals surface area contributed by atoms with E-state index in [2.05, 4.69) is 9.62 Å². The molecular formula is C21H29ClN2O3S. The van der Waals surface area contributed by atoms with E-state index < -0.39 is 10.0 Å². The highest BCUT2D eigenvalue weighted by Crippen LogP contribution is 2.22. The zero-order valence-corrected chi connectivity index (χ0v) is 18.3. The topological polar surface area (TPSA) is 58.6 Å². The molecule has 0 amide bonds. The molecular weight excluding hydrogens is 396 g/mol. The molecule has 0 bridgehead atoms. The van der Waals surface area contributed by atoms with E-state index in [0.717, 1.165) is 35.3 Å². The Kier molecular flexibility index (Phi) is 8.04. The summed E-state index contributed by atoms with van der Waals surface area (Å²) in [5.74, 6) is 0. The van der Waals surface area contributed by atoms with Crippen molar-refractivity contribution in [1.82, 2.24) is 9.62 Å². The molecule has 2 aromatic carbocycles. The maximum absolute atomic E-state index is 13.1. The van der Waals surface area contributed by atoms with Gasteiger partial charge in [0.15, 0.2) is 0 Å². The minimum atomic E-state index is -3.63. The number of rotatable bonds is 6. The first-order valence-corrected chi connectivity index (χ1v) is 10.8. The van der Waals surface area contributed by atoms with E-state index in [0.29, 0.717) is 24.7 Å². The molecule has 1 aliphatic rings. The van der Waals surface area contributed by atoms with Gasteiger partial charge < -0.3 is 4.74 Å². The van der Waals surface area contributed by atoms with Gasteiger partial charge in [0.05, 0.1) is 24.2 Å². The Morgan fingerprint density at radius 2 is 1.61 bits per heavy atom. The van der Waals surface area contributed by atoms with Crippen LogP contribution in [0.2, 0.25) is 0 Å². The smallest absolute Gasteiger partial charge is 0.241 e. The minimum absolute atomic E-state index is 0. The SMILES string of the molecule is Cc1ccc(C(CN2CCOCC2)NS(=O)(=O)c2cc(C)ccc2C)cc1.Cl. The van der Waals surface area contributed by atoms with E-state index >= 15 is 0 Å². The summed E-state index contributed by atoms with van der Waals surface area (Å²) in [6, 6.07) is 13.3. The molecule has 5 nitrogen and oxygen atoms in total. The van der Waals surface area contributed by atoms with Crippen molar-refractivity contribution >= 4 is 22.4 Å². The van der Waals surface area contributed by atoms with Crippen LogP contribution >= 0.6 is 12.4 Å². The van der Waals surface area contributed by atoms with Gasteiger partial charge in [0.1, 0.15) is 0 Å². The van der Waals surface area contributed by atoms with E-state index in [9.17, 15) is 8.42 Å². The molecule has 1 heterocycles. The summed E-state index contributed by atoms with van der Waals surface area (Å²) in [5.41, 5.74) is 3.81. The highest BCUT2D eigenvalue weighted by molar-refractivity contribution is 7.89. The van der Waals surface area contributed by atoms with Crippen molar-refractivity contribution < 1.29 is 13.2 Å². The lowest BCUT2D eigenvalue weighted by molar-refractivity contribution is 0.0345. The van der Waals surface area contributed by atoms with Gasteiger partial charge in [0, 0.05) is 19.6 Å². The van der Waals surface area contributed by atoms with Crippen LogP contribution in [-0.2, 0) is 14.8 Å². The molecule has 0 spiro atoms. The second-order valence-electron chi connectivity index (χ2n) is 7.27. The summed E-state index contributed by atoms with van der Waals surface area (Å²) < 4.78 is 34.7. The summed E-state index contributed by atoms with van der Waals surface area (Å²) in [5, 5.41) is 0. The van der Waals surface area contributed by atoms with Crippen molar-refractivity contribution in [2.45, 2.75) is 31.7 Å². The Morgan fingerprint density at radius 3 is 2.25 bits per heavy atom. The van der Waals surface area contributed by atoms with Crippen molar-refractivity contribution in [2.24, 2.45) is 0 Å². The lowest BCUT2D eigenvalue weighted by atomic mass is 10.1. The van der Waals surface area contributed by atoms with E-state index in [4.69, 9.17) is 4.74 Å². The average Bonchev–Trinajstić information content (AvgIpc) is 2.64. The Bertz CT molecular complexity index is 879. The molecule has 28 heavy (non-hydrogen) atoms. The molecule has 2 aromatic rings. The van der Waals surface area contributed by atoms with Crippen LogP contribution in [0.25, 0.3) is 0 Å². The maximum Gasteiger partial charge on any atom is 0.241 e. The number of aryl methyl sites for hydroxylation is 3. The van der Waals surface area contributed by atoms with Gasteiger partial charge in [-0.05, 0) is 43.5 Å². The van der Waals surface area contributed by atoms with Crippen LogP contribution in [0.5, 0.6) is 0 Å². The van der Waals surface area contributed by atoms with Crippen LogP contribution in [0, 0.1) is 20.8 Å². The van der Waals surface area contributed by atoms with Crippen LogP contribution in [0.4, 0.5) is 0 Å². The summed E-state index contributed by atoms with van der Waals surface area (Å²) >= 11 is 0. The number of benzene rings is 2.